The van der Waals surface area contributed by atoms with E-state index >= 15 is 0 Å². The molecule has 1 unspecified atom stereocenters. The van der Waals surface area contributed by atoms with Gasteiger partial charge in [0.25, 0.3) is 11.8 Å². The highest BCUT2D eigenvalue weighted by Gasteiger charge is 2.61. The van der Waals surface area contributed by atoms with Crippen LogP contribution in [0, 0.1) is 17.8 Å². The lowest BCUT2D eigenvalue weighted by molar-refractivity contribution is -0.125. The van der Waals surface area contributed by atoms with Gasteiger partial charge in [0.1, 0.15) is 22.8 Å². The third-order valence-electron chi connectivity index (χ3n) is 10.6. The summed E-state index contributed by atoms with van der Waals surface area (Å²) in [6.07, 6.45) is 4.87. The van der Waals surface area contributed by atoms with Crippen LogP contribution in [0.3, 0.4) is 0 Å². The molecule has 242 valence electrons. The van der Waals surface area contributed by atoms with Crippen molar-refractivity contribution in [1.82, 2.24) is 29.3 Å². The zero-order chi connectivity index (χ0) is 32.1. The van der Waals surface area contributed by atoms with Gasteiger partial charge >= 0.3 is 0 Å². The number of likely N-dealkylation sites (tertiary alicyclic amines) is 1. The number of carbonyl (C=O) groups is 2. The molecule has 3 aromatic heterocycles. The summed E-state index contributed by atoms with van der Waals surface area (Å²) < 4.78 is 37.0. The number of benzene rings is 1. The first-order chi connectivity index (χ1) is 22.0. The molecule has 1 saturated heterocycles. The van der Waals surface area contributed by atoms with E-state index in [9.17, 15) is 18.4 Å². The number of imidazole rings is 1. The quantitative estimate of drug-likeness (QED) is 0.289. The Morgan fingerprint density at radius 2 is 1.93 bits per heavy atom. The van der Waals surface area contributed by atoms with Crippen LogP contribution in [0.1, 0.15) is 67.5 Å². The fourth-order valence-electron chi connectivity index (χ4n) is 7.62. The van der Waals surface area contributed by atoms with Crippen molar-refractivity contribution < 1.29 is 23.1 Å². The zero-order valence-corrected chi connectivity index (χ0v) is 26.3. The third-order valence-corrected chi connectivity index (χ3v) is 10.6. The van der Waals surface area contributed by atoms with Gasteiger partial charge in [0.05, 0.1) is 30.1 Å². The number of alkyl halides is 2. The summed E-state index contributed by atoms with van der Waals surface area (Å²) in [5, 5.41) is 3.63. The Labute approximate surface area is 265 Å². The number of piperidine rings is 1. The average Bonchev–Trinajstić information content (AvgIpc) is 3.83. The molecule has 0 spiro atoms. The second-order valence-corrected chi connectivity index (χ2v) is 13.9. The Kier molecular flexibility index (Phi) is 6.69. The molecule has 10 nitrogen and oxygen atoms in total. The molecule has 3 aliphatic carbocycles. The summed E-state index contributed by atoms with van der Waals surface area (Å²) in [6.45, 7) is 3.08. The van der Waals surface area contributed by atoms with Crippen molar-refractivity contribution in [2.45, 2.75) is 76.0 Å². The second kappa shape index (κ2) is 10.5. The highest BCUT2D eigenvalue weighted by Crippen LogP contribution is 2.49. The van der Waals surface area contributed by atoms with E-state index in [-0.39, 0.29) is 18.0 Å². The molecule has 2 amide bonds. The van der Waals surface area contributed by atoms with E-state index in [0.717, 1.165) is 60.9 Å². The predicted octanol–water partition coefficient (Wildman–Crippen LogP) is 4.79. The number of hydrogen-bond donors (Lipinski definition) is 2. The van der Waals surface area contributed by atoms with Gasteiger partial charge in [-0.3, -0.25) is 9.59 Å². The molecule has 46 heavy (non-hydrogen) atoms. The van der Waals surface area contributed by atoms with Gasteiger partial charge in [-0.1, -0.05) is 0 Å². The van der Waals surface area contributed by atoms with Gasteiger partial charge in [0.15, 0.2) is 5.82 Å². The van der Waals surface area contributed by atoms with Gasteiger partial charge < -0.3 is 29.8 Å². The molecule has 1 aliphatic heterocycles. The molecule has 12 heteroatoms. The van der Waals surface area contributed by atoms with E-state index in [1.54, 1.807) is 14.0 Å². The van der Waals surface area contributed by atoms with Crippen molar-refractivity contribution in [3.05, 3.63) is 41.6 Å². The largest absolute Gasteiger partial charge is 0.494 e. The number of pyridine rings is 1. The van der Waals surface area contributed by atoms with E-state index in [0.29, 0.717) is 46.7 Å². The number of aryl methyl sites for hydroxylation is 1. The van der Waals surface area contributed by atoms with Gasteiger partial charge in [-0.15, -0.1) is 0 Å². The highest BCUT2D eigenvalue weighted by molar-refractivity contribution is 6.00. The fourth-order valence-corrected chi connectivity index (χ4v) is 7.62. The van der Waals surface area contributed by atoms with Crippen LogP contribution in [-0.2, 0) is 18.4 Å². The number of rotatable bonds is 8. The van der Waals surface area contributed by atoms with Crippen LogP contribution in [0.15, 0.2) is 30.3 Å². The minimum atomic E-state index is -2.92. The Morgan fingerprint density at radius 1 is 1.15 bits per heavy atom. The van der Waals surface area contributed by atoms with Crippen LogP contribution in [0.5, 0.6) is 5.75 Å². The van der Waals surface area contributed by atoms with Crippen molar-refractivity contribution in [1.29, 1.82) is 0 Å². The normalized spacial score (nSPS) is 25.7. The van der Waals surface area contributed by atoms with E-state index in [1.807, 2.05) is 40.8 Å². The third kappa shape index (κ3) is 4.83. The molecule has 5 atom stereocenters. The minimum absolute atomic E-state index is 0.000468. The van der Waals surface area contributed by atoms with Crippen molar-refractivity contribution in [2.24, 2.45) is 30.5 Å². The van der Waals surface area contributed by atoms with Crippen molar-refractivity contribution >= 4 is 33.9 Å². The lowest BCUT2D eigenvalue weighted by Gasteiger charge is -2.37. The number of halogens is 2. The lowest BCUT2D eigenvalue weighted by Crippen LogP contribution is -2.51. The molecular formula is C34H39F2N7O3. The first-order valence-electron chi connectivity index (χ1n) is 16.3. The number of aromatic nitrogens is 4. The van der Waals surface area contributed by atoms with Crippen LogP contribution in [0.2, 0.25) is 0 Å². The van der Waals surface area contributed by atoms with Gasteiger partial charge in [-0.25, -0.2) is 18.7 Å². The summed E-state index contributed by atoms with van der Waals surface area (Å²) in [5.74, 6) is -2.56. The van der Waals surface area contributed by atoms with Crippen LogP contribution < -0.4 is 15.8 Å². The molecule has 4 heterocycles. The topological polar surface area (TPSA) is 120 Å². The highest BCUT2D eigenvalue weighted by atomic mass is 19.3. The minimum Gasteiger partial charge on any atom is -0.494 e. The molecule has 0 radical (unpaired) electrons. The second-order valence-electron chi connectivity index (χ2n) is 13.9. The molecule has 3 saturated carbocycles. The Morgan fingerprint density at radius 3 is 2.65 bits per heavy atom. The molecule has 8 rings (SSSR count). The number of amides is 2. The number of methoxy groups -OCH3 is 1. The summed E-state index contributed by atoms with van der Waals surface area (Å²) >= 11 is 0. The standard InChI is InChI=1S/C34H39F2N7O3/c1-17(38-32(44)23-14-34(23,35)36)25-9-7-20-12-27(43(30(20)39-25)15-18-4-5-18)31-40-26-11-21(13-28(46-3)29(26)41(31)2)33(45)42-16-24(37)19-6-8-22(42)10-19/h7,9,11-13,17-19,22-24H,4-6,8,10,14-16,37H2,1-3H3,(H,38,44)/t17-,19+,22-,23?,24+/m1/s1. The smallest absolute Gasteiger partial charge is 0.260 e. The van der Waals surface area contributed by atoms with Gasteiger partial charge in [0.2, 0.25) is 5.91 Å². The zero-order valence-electron chi connectivity index (χ0n) is 26.3. The maximum Gasteiger partial charge on any atom is 0.260 e. The predicted molar refractivity (Wildman–Crippen MR) is 168 cm³/mol. The SMILES string of the molecule is COc1cc(C(=O)N2C[C@H](N)[C@H]3CC[C@@H]2C3)cc2nc(-c3cc4ccc([C@@H](C)NC(=O)C5CC5(F)F)nc4n3CC3CC3)n(C)c12. The maximum absolute atomic E-state index is 13.8. The number of nitrogens with zero attached hydrogens (tertiary/aromatic N) is 5. The summed E-state index contributed by atoms with van der Waals surface area (Å²) in [7, 11) is 3.55. The summed E-state index contributed by atoms with van der Waals surface area (Å²) in [5.41, 5.74) is 10.7. The average molecular weight is 632 g/mol. The van der Waals surface area contributed by atoms with E-state index in [2.05, 4.69) is 16.0 Å². The number of nitrogens with two attached hydrogens (primary N) is 1. The van der Waals surface area contributed by atoms with Crippen LogP contribution in [-0.4, -0.2) is 67.5 Å². The molecule has 4 aromatic rings. The van der Waals surface area contributed by atoms with Crippen LogP contribution >= 0.6 is 0 Å². The molecule has 3 N–H and O–H groups in total. The summed E-state index contributed by atoms with van der Waals surface area (Å²) in [4.78, 5) is 38.2. The molecular weight excluding hydrogens is 592 g/mol. The van der Waals surface area contributed by atoms with E-state index in [4.69, 9.17) is 20.4 Å². The Hall–Kier alpha value is -4.06. The number of fused-ring (bicyclic) bond motifs is 4. The number of carbonyl (C=O) groups excluding carboxylic acids is 2. The Bertz CT molecular complexity index is 1900. The first-order valence-corrected chi connectivity index (χ1v) is 16.3. The molecule has 4 fully saturated rings. The van der Waals surface area contributed by atoms with Crippen molar-refractivity contribution in [2.75, 3.05) is 13.7 Å². The fraction of sp³-hybridized carbons (Fsp3) is 0.529. The number of nitrogens with one attached hydrogen (secondary N) is 1. The Balaban J connectivity index is 1.16. The number of hydrogen-bond acceptors (Lipinski definition) is 6. The first kappa shape index (κ1) is 29.3. The van der Waals surface area contributed by atoms with Gasteiger partial charge in [0, 0.05) is 49.6 Å². The summed E-state index contributed by atoms with van der Waals surface area (Å²) in [6, 6.07) is 9.21. The lowest BCUT2D eigenvalue weighted by atomic mass is 9.94. The van der Waals surface area contributed by atoms with Gasteiger partial charge in [-0.2, -0.15) is 0 Å². The van der Waals surface area contributed by atoms with Gasteiger partial charge in [-0.05, 0) is 81.2 Å². The van der Waals surface area contributed by atoms with E-state index in [1.165, 1.54) is 0 Å². The molecule has 4 aliphatic rings. The van der Waals surface area contributed by atoms with Crippen molar-refractivity contribution in [3.63, 3.8) is 0 Å². The van der Waals surface area contributed by atoms with Crippen molar-refractivity contribution in [3.8, 4) is 17.3 Å². The van der Waals surface area contributed by atoms with Crippen LogP contribution in [0.25, 0.3) is 33.6 Å². The number of ether oxygens (including phenoxy) is 1. The maximum atomic E-state index is 13.8. The molecule has 1 aromatic carbocycles. The molecule has 2 bridgehead atoms. The van der Waals surface area contributed by atoms with Crippen LogP contribution in [0.4, 0.5) is 8.78 Å². The van der Waals surface area contributed by atoms with E-state index < -0.39 is 30.2 Å². The monoisotopic (exact) mass is 631 g/mol.